The number of azo groups is 1. The van der Waals surface area contributed by atoms with Crippen molar-refractivity contribution in [1.29, 1.82) is 5.26 Å². The van der Waals surface area contributed by atoms with Gasteiger partial charge in [0.05, 0.1) is 11.7 Å². The predicted molar refractivity (Wildman–Crippen MR) is 108 cm³/mol. The summed E-state index contributed by atoms with van der Waals surface area (Å²) in [5.41, 5.74) is 1.01. The summed E-state index contributed by atoms with van der Waals surface area (Å²) in [5, 5.41) is 28.7. The van der Waals surface area contributed by atoms with Gasteiger partial charge in [0.25, 0.3) is 5.56 Å². The molecule has 1 aromatic heterocycles. The molecule has 1 N–H and O–H groups in total. The number of benzene rings is 2. The summed E-state index contributed by atoms with van der Waals surface area (Å²) < 4.78 is 1.16. The van der Waals surface area contributed by atoms with E-state index in [1.807, 2.05) is 36.4 Å². The molecule has 6 nitrogen and oxygen atoms in total. The molecule has 0 saturated carbocycles. The average molecular weight is 393 g/mol. The van der Waals surface area contributed by atoms with Crippen molar-refractivity contribution in [3.8, 4) is 11.9 Å². The van der Waals surface area contributed by atoms with Crippen molar-refractivity contribution in [1.82, 2.24) is 4.57 Å². The molecule has 0 aliphatic carbocycles. The van der Waals surface area contributed by atoms with Crippen LogP contribution >= 0.6 is 11.6 Å². The molecule has 1 heterocycles. The Morgan fingerprint density at radius 2 is 1.86 bits per heavy atom. The van der Waals surface area contributed by atoms with Crippen LogP contribution in [-0.4, -0.2) is 9.67 Å². The molecule has 28 heavy (non-hydrogen) atoms. The maximum atomic E-state index is 13.1. The average Bonchev–Trinajstić information content (AvgIpc) is 2.69. The summed E-state index contributed by atoms with van der Waals surface area (Å²) in [6.07, 6.45) is 0. The first-order chi connectivity index (χ1) is 13.4. The van der Waals surface area contributed by atoms with Crippen molar-refractivity contribution in [2.45, 2.75) is 19.9 Å². The van der Waals surface area contributed by atoms with Gasteiger partial charge in [-0.25, -0.2) is 0 Å². The first kappa shape index (κ1) is 19.3. The fourth-order valence-electron chi connectivity index (χ4n) is 2.91. The molecule has 0 amide bonds. The first-order valence-corrected chi connectivity index (χ1v) is 8.92. The molecule has 2 aromatic carbocycles. The highest BCUT2D eigenvalue weighted by Gasteiger charge is 2.23. The Balaban J connectivity index is 2.18. The molecule has 140 valence electrons. The number of nitriles is 1. The quantitative estimate of drug-likeness (QED) is 0.601. The van der Waals surface area contributed by atoms with Gasteiger partial charge in [0, 0.05) is 10.6 Å². The van der Waals surface area contributed by atoms with Gasteiger partial charge in [-0.1, -0.05) is 48.0 Å². The van der Waals surface area contributed by atoms with E-state index in [4.69, 9.17) is 11.6 Å². The minimum absolute atomic E-state index is 0.00268. The van der Waals surface area contributed by atoms with Gasteiger partial charge in [0.2, 0.25) is 5.88 Å². The van der Waals surface area contributed by atoms with Crippen molar-refractivity contribution in [2.75, 3.05) is 0 Å². The number of halogens is 1. The molecule has 3 rings (SSSR count). The molecule has 0 bridgehead atoms. The Bertz CT molecular complexity index is 1150. The summed E-state index contributed by atoms with van der Waals surface area (Å²) in [6.45, 7) is 3.33. The topological polar surface area (TPSA) is 90.7 Å². The van der Waals surface area contributed by atoms with Gasteiger partial charge in [-0.3, -0.25) is 9.36 Å². The maximum Gasteiger partial charge on any atom is 0.282 e. The van der Waals surface area contributed by atoms with Crippen molar-refractivity contribution in [2.24, 2.45) is 10.2 Å². The summed E-state index contributed by atoms with van der Waals surface area (Å²) in [4.78, 5) is 13.1. The zero-order valence-corrected chi connectivity index (χ0v) is 16.1. The lowest BCUT2D eigenvalue weighted by Gasteiger charge is -2.19. The summed E-state index contributed by atoms with van der Waals surface area (Å²) in [7, 11) is 0. The van der Waals surface area contributed by atoms with Crippen LogP contribution in [0, 0.1) is 18.3 Å². The third-order valence-electron chi connectivity index (χ3n) is 4.46. The lowest BCUT2D eigenvalue weighted by atomic mass is 10.1. The summed E-state index contributed by atoms with van der Waals surface area (Å²) in [6, 6.07) is 17.4. The normalized spacial score (nSPS) is 12.1. The van der Waals surface area contributed by atoms with Crippen LogP contribution in [-0.2, 0) is 0 Å². The van der Waals surface area contributed by atoms with Gasteiger partial charge in [0.15, 0.2) is 5.69 Å². The van der Waals surface area contributed by atoms with E-state index >= 15 is 0 Å². The highest BCUT2D eigenvalue weighted by atomic mass is 35.5. The Labute approximate surface area is 167 Å². The maximum absolute atomic E-state index is 13.1. The van der Waals surface area contributed by atoms with Gasteiger partial charge < -0.3 is 5.11 Å². The van der Waals surface area contributed by atoms with Crippen molar-refractivity contribution in [3.63, 3.8) is 0 Å². The molecule has 7 heteroatoms. The highest BCUT2D eigenvalue weighted by molar-refractivity contribution is 6.30. The third kappa shape index (κ3) is 3.66. The van der Waals surface area contributed by atoms with Crippen LogP contribution in [0.5, 0.6) is 5.88 Å². The Kier molecular flexibility index (Phi) is 5.57. The fraction of sp³-hybridized carbons (Fsp3) is 0.143. The van der Waals surface area contributed by atoms with E-state index in [0.29, 0.717) is 10.7 Å². The zero-order valence-electron chi connectivity index (χ0n) is 15.3. The smallest absolute Gasteiger partial charge is 0.282 e. The third-order valence-corrected chi connectivity index (χ3v) is 4.69. The van der Waals surface area contributed by atoms with E-state index in [9.17, 15) is 15.2 Å². The number of pyridine rings is 1. The number of aromatic hydroxyl groups is 1. The number of rotatable bonds is 4. The second kappa shape index (κ2) is 8.07. The zero-order chi connectivity index (χ0) is 20.3. The van der Waals surface area contributed by atoms with E-state index in [1.165, 1.54) is 0 Å². The molecular formula is C21H17ClN4O2. The van der Waals surface area contributed by atoms with Crippen molar-refractivity contribution < 1.29 is 5.11 Å². The monoisotopic (exact) mass is 392 g/mol. The molecule has 0 aliphatic rings. The van der Waals surface area contributed by atoms with Crippen LogP contribution in [0.15, 0.2) is 69.6 Å². The second-order valence-corrected chi connectivity index (χ2v) is 6.66. The largest absolute Gasteiger partial charge is 0.493 e. The Morgan fingerprint density at radius 1 is 1.14 bits per heavy atom. The van der Waals surface area contributed by atoms with Crippen LogP contribution in [0.4, 0.5) is 11.4 Å². The Hall–Kier alpha value is -3.43. The predicted octanol–water partition coefficient (Wildman–Crippen LogP) is 5.41. The van der Waals surface area contributed by atoms with E-state index in [1.54, 1.807) is 38.1 Å². The molecule has 3 aromatic rings. The van der Waals surface area contributed by atoms with Gasteiger partial charge in [0.1, 0.15) is 11.6 Å². The van der Waals surface area contributed by atoms with Crippen molar-refractivity contribution in [3.05, 3.63) is 86.7 Å². The minimum atomic E-state index is -0.531. The van der Waals surface area contributed by atoms with Crippen LogP contribution in [0.25, 0.3) is 0 Å². The highest BCUT2D eigenvalue weighted by Crippen LogP contribution is 2.31. The molecular weight excluding hydrogens is 376 g/mol. The van der Waals surface area contributed by atoms with E-state index in [-0.39, 0.29) is 22.7 Å². The van der Waals surface area contributed by atoms with Gasteiger partial charge in [-0.15, -0.1) is 5.11 Å². The molecule has 0 fully saturated rings. The molecule has 0 saturated heterocycles. The Morgan fingerprint density at radius 3 is 2.50 bits per heavy atom. The second-order valence-electron chi connectivity index (χ2n) is 6.23. The number of aromatic nitrogens is 1. The van der Waals surface area contributed by atoms with Crippen LogP contribution in [0.2, 0.25) is 5.02 Å². The van der Waals surface area contributed by atoms with E-state index in [0.717, 1.165) is 10.1 Å². The van der Waals surface area contributed by atoms with Crippen LogP contribution in [0.3, 0.4) is 0 Å². The van der Waals surface area contributed by atoms with Crippen LogP contribution < -0.4 is 5.56 Å². The standard InChI is InChI=1S/C21H17ClN4O2/c1-13-18(12-23)20(27)26(14(2)15-7-4-3-5-8-15)21(28)19(13)25-24-17-10-6-9-16(22)11-17/h3-11,14,27H,1-2H3. The molecule has 1 unspecified atom stereocenters. The van der Waals surface area contributed by atoms with Gasteiger partial charge in [-0.2, -0.15) is 10.4 Å². The molecule has 0 radical (unpaired) electrons. The number of hydrogen-bond donors (Lipinski definition) is 1. The van der Waals surface area contributed by atoms with Crippen LogP contribution in [0.1, 0.15) is 29.7 Å². The number of hydrogen-bond acceptors (Lipinski definition) is 5. The first-order valence-electron chi connectivity index (χ1n) is 8.54. The van der Waals surface area contributed by atoms with Crippen molar-refractivity contribution >= 4 is 23.0 Å². The van der Waals surface area contributed by atoms with E-state index < -0.39 is 11.6 Å². The summed E-state index contributed by atoms with van der Waals surface area (Å²) >= 11 is 5.95. The molecule has 0 spiro atoms. The van der Waals surface area contributed by atoms with Gasteiger partial charge in [-0.05, 0) is 37.6 Å². The van der Waals surface area contributed by atoms with Gasteiger partial charge >= 0.3 is 0 Å². The lowest BCUT2D eigenvalue weighted by Crippen LogP contribution is -2.25. The SMILES string of the molecule is Cc1c(C#N)c(O)n(C(C)c2ccccc2)c(=O)c1N=Nc1cccc(Cl)c1. The lowest BCUT2D eigenvalue weighted by molar-refractivity contribution is 0.393. The fourth-order valence-corrected chi connectivity index (χ4v) is 3.10. The number of nitrogens with zero attached hydrogens (tertiary/aromatic N) is 4. The molecule has 0 aliphatic heterocycles. The molecule has 1 atom stereocenters. The summed E-state index contributed by atoms with van der Waals surface area (Å²) in [5.74, 6) is -0.386. The minimum Gasteiger partial charge on any atom is -0.493 e. The van der Waals surface area contributed by atoms with E-state index in [2.05, 4.69) is 10.2 Å².